The number of carbonyl (C=O) groups excluding carboxylic acids is 1. The molecule has 1 amide bonds. The summed E-state index contributed by atoms with van der Waals surface area (Å²) in [5, 5.41) is 8.19. The van der Waals surface area contributed by atoms with Gasteiger partial charge in [0.15, 0.2) is 5.82 Å². The number of hydrogen-bond donors (Lipinski definition) is 2. The van der Waals surface area contributed by atoms with Crippen molar-refractivity contribution in [2.45, 2.75) is 69.6 Å². The van der Waals surface area contributed by atoms with Gasteiger partial charge in [0.1, 0.15) is 23.7 Å². The molecule has 2 atom stereocenters. The highest BCUT2D eigenvalue weighted by atomic mass is 35.5. The van der Waals surface area contributed by atoms with E-state index in [2.05, 4.69) is 48.8 Å². The third-order valence-electron chi connectivity index (χ3n) is 10.5. The lowest BCUT2D eigenvalue weighted by molar-refractivity contribution is -0.111. The highest BCUT2D eigenvalue weighted by molar-refractivity contribution is 6.30. The van der Waals surface area contributed by atoms with E-state index in [1.54, 1.807) is 36.4 Å². The van der Waals surface area contributed by atoms with E-state index in [0.717, 1.165) is 57.3 Å². The third-order valence-corrected chi connectivity index (χ3v) is 10.7. The van der Waals surface area contributed by atoms with E-state index >= 15 is 0 Å². The Balaban J connectivity index is 1.07. The maximum Gasteiger partial charge on any atom is 0.247 e. The summed E-state index contributed by atoms with van der Waals surface area (Å²) in [6, 6.07) is 12.5. The summed E-state index contributed by atoms with van der Waals surface area (Å²) in [5.41, 5.74) is 2.70. The van der Waals surface area contributed by atoms with Crippen molar-refractivity contribution in [3.63, 3.8) is 0 Å². The zero-order valence-electron chi connectivity index (χ0n) is 28.8. The Bertz CT molecular complexity index is 1700. The summed E-state index contributed by atoms with van der Waals surface area (Å²) in [7, 11) is 1.63. The molecule has 4 fully saturated rings. The minimum absolute atomic E-state index is 0.0990. The van der Waals surface area contributed by atoms with E-state index in [0.29, 0.717) is 65.9 Å². The van der Waals surface area contributed by atoms with Gasteiger partial charge in [0.2, 0.25) is 5.91 Å². The van der Waals surface area contributed by atoms with Crippen LogP contribution in [0.25, 0.3) is 0 Å². The quantitative estimate of drug-likeness (QED) is 0.230. The fourth-order valence-corrected chi connectivity index (χ4v) is 7.91. The van der Waals surface area contributed by atoms with E-state index in [-0.39, 0.29) is 17.0 Å². The molecule has 11 nitrogen and oxygen atoms in total. The second-order valence-corrected chi connectivity index (χ2v) is 14.1. The predicted octanol–water partition coefficient (Wildman–Crippen LogP) is 6.04. The zero-order valence-corrected chi connectivity index (χ0v) is 29.5. The molecule has 0 spiro atoms. The maximum absolute atomic E-state index is 14.7. The van der Waals surface area contributed by atoms with E-state index in [4.69, 9.17) is 21.2 Å². The summed E-state index contributed by atoms with van der Waals surface area (Å²) in [6.07, 6.45) is 8.66. The first-order chi connectivity index (χ1) is 24.3. The predicted molar refractivity (Wildman–Crippen MR) is 195 cm³/mol. The van der Waals surface area contributed by atoms with Gasteiger partial charge in [0.05, 0.1) is 41.8 Å². The number of nitrogens with zero attached hydrogens (tertiary/aromatic N) is 6. The van der Waals surface area contributed by atoms with Crippen molar-refractivity contribution >= 4 is 46.2 Å². The molecule has 3 aliphatic heterocycles. The number of carbonyl (C=O) groups is 1. The van der Waals surface area contributed by atoms with Gasteiger partial charge in [-0.05, 0) is 69.2 Å². The first-order valence-electron chi connectivity index (χ1n) is 17.7. The van der Waals surface area contributed by atoms with Crippen molar-refractivity contribution in [1.29, 1.82) is 0 Å². The molecule has 1 aliphatic carbocycles. The Morgan fingerprint density at radius 3 is 2.64 bits per heavy atom. The standard InChI is InChI=1S/C37H46ClFN8O3/c1-4-36(48)43-30-19-31(42-34-21-35(41-23-40-34)47-28(12-17-50-47)18-25-6-5-7-29(38)37(25)39)33(49-3)20-32(30)44-13-10-26(11-14-44)45-15-16-46(24(2)22-45)27-8-9-27/h4-7,19-21,23-24,26-28H,1,8-18,22H2,2-3H3,(H,43,48)(H,40,41,42). The fourth-order valence-electron chi connectivity index (χ4n) is 7.71. The number of piperazine rings is 1. The Morgan fingerprint density at radius 2 is 1.90 bits per heavy atom. The Kier molecular flexibility index (Phi) is 10.4. The molecule has 0 radical (unpaired) electrons. The van der Waals surface area contributed by atoms with Crippen LogP contribution in [-0.2, 0) is 16.1 Å². The van der Waals surface area contributed by atoms with Crippen LogP contribution in [0.1, 0.15) is 44.6 Å². The molecule has 0 bridgehead atoms. The highest BCUT2D eigenvalue weighted by Crippen LogP contribution is 2.40. The van der Waals surface area contributed by atoms with Crippen molar-refractivity contribution in [2.24, 2.45) is 0 Å². The van der Waals surface area contributed by atoms with Crippen LogP contribution in [-0.4, -0.2) is 96.3 Å². The van der Waals surface area contributed by atoms with Crippen LogP contribution in [0.3, 0.4) is 0 Å². The van der Waals surface area contributed by atoms with Crippen molar-refractivity contribution in [1.82, 2.24) is 19.8 Å². The molecule has 4 heterocycles. The molecule has 3 aromatic rings. The van der Waals surface area contributed by atoms with Crippen LogP contribution in [0.15, 0.2) is 55.4 Å². The van der Waals surface area contributed by atoms with Gasteiger partial charge in [-0.2, -0.15) is 0 Å². The molecule has 4 aliphatic rings. The number of hydroxylamine groups is 1. The van der Waals surface area contributed by atoms with Gasteiger partial charge in [0, 0.05) is 63.0 Å². The van der Waals surface area contributed by atoms with E-state index in [9.17, 15) is 9.18 Å². The van der Waals surface area contributed by atoms with Gasteiger partial charge in [0.25, 0.3) is 0 Å². The Morgan fingerprint density at radius 1 is 1.08 bits per heavy atom. The second-order valence-electron chi connectivity index (χ2n) is 13.7. The first kappa shape index (κ1) is 34.5. The number of halogens is 2. The monoisotopic (exact) mass is 704 g/mol. The van der Waals surface area contributed by atoms with Crippen molar-refractivity contribution in [2.75, 3.05) is 67.0 Å². The van der Waals surface area contributed by atoms with Gasteiger partial charge in [-0.15, -0.1) is 0 Å². The van der Waals surface area contributed by atoms with Crippen LogP contribution in [0.2, 0.25) is 5.02 Å². The van der Waals surface area contributed by atoms with Crippen LogP contribution < -0.4 is 25.3 Å². The largest absolute Gasteiger partial charge is 0.494 e. The Hall–Kier alpha value is -3.97. The molecule has 2 unspecified atom stereocenters. The van der Waals surface area contributed by atoms with Gasteiger partial charge >= 0.3 is 0 Å². The van der Waals surface area contributed by atoms with E-state index < -0.39 is 5.82 Å². The number of piperidine rings is 1. The SMILES string of the molecule is C=CC(=O)Nc1cc(Nc2cc(N3OCCC3Cc3cccc(Cl)c3F)ncn2)c(OC)cc1N1CCC(N2CCN(C3CC3)C(C)C2)CC1. The highest BCUT2D eigenvalue weighted by Gasteiger charge is 2.38. The van der Waals surface area contributed by atoms with Crippen molar-refractivity contribution in [3.05, 3.63) is 71.8 Å². The molecule has 13 heteroatoms. The number of amides is 1. The summed E-state index contributed by atoms with van der Waals surface area (Å²) in [4.78, 5) is 35.2. The maximum atomic E-state index is 14.7. The average Bonchev–Trinajstić information content (AvgIpc) is 3.87. The lowest BCUT2D eigenvalue weighted by atomic mass is 9.99. The molecule has 2 N–H and O–H groups in total. The van der Waals surface area contributed by atoms with Crippen molar-refractivity contribution in [3.8, 4) is 5.75 Å². The zero-order chi connectivity index (χ0) is 34.8. The molecular formula is C37H46ClFN8O3. The Labute approximate surface area is 298 Å². The number of anilines is 5. The van der Waals surface area contributed by atoms with Gasteiger partial charge in [-0.3, -0.25) is 19.4 Å². The smallest absolute Gasteiger partial charge is 0.247 e. The summed E-state index contributed by atoms with van der Waals surface area (Å²) in [6.45, 7) is 11.7. The van der Waals surface area contributed by atoms with Gasteiger partial charge in [-0.1, -0.05) is 30.3 Å². The average molecular weight is 705 g/mol. The van der Waals surface area contributed by atoms with Crippen LogP contribution >= 0.6 is 11.6 Å². The third kappa shape index (κ3) is 7.53. The molecule has 1 saturated carbocycles. The summed E-state index contributed by atoms with van der Waals surface area (Å²) >= 11 is 6.04. The molecule has 7 rings (SSSR count). The normalized spacial score (nSPS) is 22.1. The number of nitrogens with one attached hydrogen (secondary N) is 2. The van der Waals surface area contributed by atoms with Gasteiger partial charge < -0.3 is 20.3 Å². The molecule has 3 saturated heterocycles. The summed E-state index contributed by atoms with van der Waals surface area (Å²) < 4.78 is 20.6. The summed E-state index contributed by atoms with van der Waals surface area (Å²) in [5.74, 6) is 0.937. The molecule has 50 heavy (non-hydrogen) atoms. The number of ether oxygens (including phenoxy) is 1. The molecule has 266 valence electrons. The van der Waals surface area contributed by atoms with Gasteiger partial charge in [-0.25, -0.2) is 19.4 Å². The second kappa shape index (κ2) is 15.1. The number of benzene rings is 2. The first-order valence-corrected chi connectivity index (χ1v) is 18.0. The lowest BCUT2D eigenvalue weighted by Crippen LogP contribution is -2.57. The van der Waals surface area contributed by atoms with Crippen LogP contribution in [0.4, 0.5) is 33.1 Å². The van der Waals surface area contributed by atoms with Crippen LogP contribution in [0.5, 0.6) is 5.75 Å². The molecule has 2 aromatic carbocycles. The van der Waals surface area contributed by atoms with E-state index in [1.165, 1.54) is 25.2 Å². The minimum atomic E-state index is -0.415. The number of aromatic nitrogens is 2. The lowest BCUT2D eigenvalue weighted by Gasteiger charge is -2.46. The number of methoxy groups -OCH3 is 1. The minimum Gasteiger partial charge on any atom is -0.494 e. The fraction of sp³-hybridized carbons (Fsp3) is 0.486. The number of rotatable bonds is 11. The van der Waals surface area contributed by atoms with E-state index in [1.807, 2.05) is 12.1 Å². The molecular weight excluding hydrogens is 659 g/mol. The molecule has 1 aromatic heterocycles. The van der Waals surface area contributed by atoms with Crippen molar-refractivity contribution < 1.29 is 18.8 Å². The number of hydrogen-bond acceptors (Lipinski definition) is 10. The van der Waals surface area contributed by atoms with Crippen LogP contribution in [0, 0.1) is 5.82 Å². The topological polar surface area (TPSA) is 98.3 Å².